The van der Waals surface area contributed by atoms with Crippen LogP contribution in [0.5, 0.6) is 0 Å². The molecule has 0 aromatic carbocycles. The minimum absolute atomic E-state index is 0.0647. The molecule has 0 atom stereocenters. The van der Waals surface area contributed by atoms with Gasteiger partial charge in [-0.05, 0) is 26.3 Å². The third-order valence-electron chi connectivity index (χ3n) is 4.42. The highest BCUT2D eigenvalue weighted by atomic mass is 32.2. The Kier molecular flexibility index (Phi) is 5.98. The number of thioether (sulfide) groups is 1. The van der Waals surface area contributed by atoms with Gasteiger partial charge in [0, 0.05) is 36.4 Å². The Morgan fingerprint density at radius 3 is 2.58 bits per heavy atom. The summed E-state index contributed by atoms with van der Waals surface area (Å²) in [4.78, 5) is 38.6. The van der Waals surface area contributed by atoms with Crippen LogP contribution in [0.15, 0.2) is 11.4 Å². The topological polar surface area (TPSA) is 75.6 Å². The molecule has 0 radical (unpaired) electrons. The molecule has 1 saturated heterocycles. The minimum Gasteiger partial charge on any atom is -0.450 e. The maximum absolute atomic E-state index is 12.5. The van der Waals surface area contributed by atoms with Crippen molar-refractivity contribution in [3.05, 3.63) is 16.8 Å². The lowest BCUT2D eigenvalue weighted by atomic mass is 10.2. The molecule has 2 aromatic heterocycles. The molecular weight excluding hydrogens is 372 g/mol. The molecule has 1 aliphatic heterocycles. The molecule has 0 spiro atoms. The number of fused-ring (bicyclic) bond motifs is 1. The Balaban J connectivity index is 1.58. The largest absolute Gasteiger partial charge is 0.450 e. The van der Waals surface area contributed by atoms with Crippen LogP contribution in [0.4, 0.5) is 4.79 Å². The first-order valence-corrected chi connectivity index (χ1v) is 10.3. The number of ether oxygens (including phenoxy) is 1. The van der Waals surface area contributed by atoms with Gasteiger partial charge < -0.3 is 14.5 Å². The van der Waals surface area contributed by atoms with Crippen LogP contribution in [-0.4, -0.2) is 70.3 Å². The number of piperazine rings is 1. The molecule has 0 unspecified atom stereocenters. The lowest BCUT2D eigenvalue weighted by Gasteiger charge is -2.34. The lowest BCUT2D eigenvalue weighted by Crippen LogP contribution is -2.51. The Morgan fingerprint density at radius 2 is 1.88 bits per heavy atom. The summed E-state index contributed by atoms with van der Waals surface area (Å²) in [7, 11) is 0. The number of thiophene rings is 1. The molecule has 26 heavy (non-hydrogen) atoms. The van der Waals surface area contributed by atoms with Crippen LogP contribution in [0.1, 0.15) is 17.4 Å². The van der Waals surface area contributed by atoms with E-state index in [9.17, 15) is 9.59 Å². The molecule has 3 rings (SSSR count). The molecule has 0 aliphatic carbocycles. The van der Waals surface area contributed by atoms with E-state index < -0.39 is 0 Å². The summed E-state index contributed by atoms with van der Waals surface area (Å²) >= 11 is 3.11. The second kappa shape index (κ2) is 8.22. The first kappa shape index (κ1) is 18.9. The van der Waals surface area contributed by atoms with Gasteiger partial charge >= 0.3 is 6.09 Å². The van der Waals surface area contributed by atoms with Gasteiger partial charge in [0.2, 0.25) is 5.91 Å². The zero-order valence-corrected chi connectivity index (χ0v) is 16.8. The summed E-state index contributed by atoms with van der Waals surface area (Å²) in [5.41, 5.74) is 1.18. The number of hydrogen-bond donors (Lipinski definition) is 0. The van der Waals surface area contributed by atoms with Crippen LogP contribution in [0.3, 0.4) is 0 Å². The normalized spacial score (nSPS) is 14.7. The molecule has 2 aromatic rings. The van der Waals surface area contributed by atoms with Crippen molar-refractivity contribution in [3.8, 4) is 0 Å². The highest BCUT2D eigenvalue weighted by molar-refractivity contribution is 8.00. The van der Waals surface area contributed by atoms with E-state index in [4.69, 9.17) is 4.74 Å². The van der Waals surface area contributed by atoms with Gasteiger partial charge in [0.15, 0.2) is 0 Å². The van der Waals surface area contributed by atoms with Crippen molar-refractivity contribution >= 4 is 45.3 Å². The fraction of sp³-hybridized carbons (Fsp3) is 0.529. The van der Waals surface area contributed by atoms with Crippen LogP contribution >= 0.6 is 23.1 Å². The number of carbonyl (C=O) groups excluding carboxylic acids is 2. The van der Waals surface area contributed by atoms with Crippen LogP contribution in [0.25, 0.3) is 10.2 Å². The molecule has 3 heterocycles. The van der Waals surface area contributed by atoms with E-state index in [1.165, 1.54) is 22.2 Å². The smallest absolute Gasteiger partial charge is 0.409 e. The van der Waals surface area contributed by atoms with Crippen LogP contribution < -0.4 is 0 Å². The molecule has 140 valence electrons. The molecule has 1 aliphatic rings. The van der Waals surface area contributed by atoms with Crippen LogP contribution in [0, 0.1) is 13.8 Å². The average molecular weight is 395 g/mol. The summed E-state index contributed by atoms with van der Waals surface area (Å²) in [5, 5.41) is 1.91. The van der Waals surface area contributed by atoms with Gasteiger partial charge in [0.1, 0.15) is 16.2 Å². The van der Waals surface area contributed by atoms with Crippen molar-refractivity contribution in [2.75, 3.05) is 38.5 Å². The fourth-order valence-corrected chi connectivity index (χ4v) is 4.85. The maximum atomic E-state index is 12.5. The van der Waals surface area contributed by atoms with Crippen molar-refractivity contribution in [2.24, 2.45) is 0 Å². The van der Waals surface area contributed by atoms with Crippen LogP contribution in [0.2, 0.25) is 0 Å². The molecule has 1 fully saturated rings. The fourth-order valence-electron chi connectivity index (χ4n) is 2.83. The number of aromatic nitrogens is 2. The second-order valence-corrected chi connectivity index (χ2v) is 8.16. The summed E-state index contributed by atoms with van der Waals surface area (Å²) in [6, 6.07) is 0. The zero-order valence-electron chi connectivity index (χ0n) is 15.2. The van der Waals surface area contributed by atoms with Crippen molar-refractivity contribution in [2.45, 2.75) is 25.8 Å². The quantitative estimate of drug-likeness (QED) is 0.586. The number of nitrogens with zero attached hydrogens (tertiary/aromatic N) is 4. The van der Waals surface area contributed by atoms with E-state index in [-0.39, 0.29) is 12.0 Å². The molecule has 7 nitrogen and oxygen atoms in total. The number of hydrogen-bond acceptors (Lipinski definition) is 7. The van der Waals surface area contributed by atoms with Crippen molar-refractivity contribution in [3.63, 3.8) is 0 Å². The van der Waals surface area contributed by atoms with E-state index >= 15 is 0 Å². The van der Waals surface area contributed by atoms with E-state index in [1.54, 1.807) is 34.4 Å². The SMILES string of the molecule is CCOC(=O)N1CCN(C(=O)CSc2ncnc3sc(C)c(C)c23)CC1. The Morgan fingerprint density at radius 1 is 1.19 bits per heavy atom. The van der Waals surface area contributed by atoms with Crippen molar-refractivity contribution in [1.82, 2.24) is 19.8 Å². The Hall–Kier alpha value is -1.87. The number of aryl methyl sites for hydroxylation is 2. The zero-order chi connectivity index (χ0) is 18.7. The summed E-state index contributed by atoms with van der Waals surface area (Å²) < 4.78 is 5.00. The third kappa shape index (κ3) is 3.93. The van der Waals surface area contributed by atoms with Crippen molar-refractivity contribution < 1.29 is 14.3 Å². The highest BCUT2D eigenvalue weighted by Crippen LogP contribution is 2.34. The first-order chi connectivity index (χ1) is 12.5. The summed E-state index contributed by atoms with van der Waals surface area (Å²) in [6.45, 7) is 8.38. The number of amides is 2. The second-order valence-electron chi connectivity index (χ2n) is 6.00. The summed E-state index contributed by atoms with van der Waals surface area (Å²) in [6.07, 6.45) is 1.25. The van der Waals surface area contributed by atoms with Gasteiger partial charge in [-0.15, -0.1) is 11.3 Å². The minimum atomic E-state index is -0.305. The van der Waals surface area contributed by atoms with E-state index in [0.29, 0.717) is 38.5 Å². The molecule has 0 bridgehead atoms. The molecule has 9 heteroatoms. The Labute approximate surface area is 160 Å². The predicted molar refractivity (Wildman–Crippen MR) is 103 cm³/mol. The van der Waals surface area contributed by atoms with Gasteiger partial charge in [-0.1, -0.05) is 11.8 Å². The molecule has 0 saturated carbocycles. The third-order valence-corrected chi connectivity index (χ3v) is 6.51. The lowest BCUT2D eigenvalue weighted by molar-refractivity contribution is -0.129. The monoisotopic (exact) mass is 394 g/mol. The van der Waals surface area contributed by atoms with E-state index in [0.717, 1.165) is 15.2 Å². The van der Waals surface area contributed by atoms with Crippen LogP contribution in [-0.2, 0) is 9.53 Å². The van der Waals surface area contributed by atoms with Gasteiger partial charge in [0.25, 0.3) is 0 Å². The van der Waals surface area contributed by atoms with Gasteiger partial charge in [-0.25, -0.2) is 14.8 Å². The maximum Gasteiger partial charge on any atom is 0.409 e. The predicted octanol–water partition coefficient (Wildman–Crippen LogP) is 2.70. The molecule has 0 N–H and O–H groups in total. The van der Waals surface area contributed by atoms with Gasteiger partial charge in [-0.3, -0.25) is 4.79 Å². The Bertz CT molecular complexity index is 816. The standard InChI is InChI=1S/C17H22N4O3S2/c1-4-24-17(23)21-7-5-20(6-8-21)13(22)9-25-15-14-11(2)12(3)26-16(14)19-10-18-15/h10H,4-9H2,1-3H3. The number of rotatable bonds is 4. The van der Waals surface area contributed by atoms with E-state index in [1.807, 2.05) is 0 Å². The summed E-state index contributed by atoms with van der Waals surface area (Å²) in [5.74, 6) is 0.398. The average Bonchev–Trinajstić information content (AvgIpc) is 2.94. The molecular formula is C17H22N4O3S2. The first-order valence-electron chi connectivity index (χ1n) is 8.54. The van der Waals surface area contributed by atoms with Gasteiger partial charge in [-0.2, -0.15) is 0 Å². The van der Waals surface area contributed by atoms with Crippen molar-refractivity contribution in [1.29, 1.82) is 0 Å². The highest BCUT2D eigenvalue weighted by Gasteiger charge is 2.25. The van der Waals surface area contributed by atoms with Gasteiger partial charge in [0.05, 0.1) is 12.4 Å². The molecule has 2 amide bonds. The number of carbonyl (C=O) groups is 2. The van der Waals surface area contributed by atoms with E-state index in [2.05, 4.69) is 23.8 Å².